The molecule has 1 aromatic carbocycles. The van der Waals surface area contributed by atoms with Gasteiger partial charge in [0.05, 0.1) is 5.02 Å². The first-order valence-electron chi connectivity index (χ1n) is 4.33. The normalized spacial score (nSPS) is 12.6. The molecule has 0 saturated heterocycles. The summed E-state index contributed by atoms with van der Waals surface area (Å²) in [5.74, 6) is -7.79. The quantitative estimate of drug-likeness (QED) is 0.587. The second-order valence-corrected chi connectivity index (χ2v) is 3.79. The van der Waals surface area contributed by atoms with Gasteiger partial charge in [-0.1, -0.05) is 17.7 Å². The molecule has 0 heterocycles. The Bertz CT molecular complexity index is 452. The lowest BCUT2D eigenvalue weighted by atomic mass is 10.0. The molecule has 0 atom stereocenters. The Morgan fingerprint density at radius 1 is 1.18 bits per heavy atom. The minimum Gasteiger partial charge on any atom is -0.287 e. The van der Waals surface area contributed by atoms with Gasteiger partial charge >= 0.3 is 12.1 Å². The maximum atomic E-state index is 12.8. The number of ketones is 1. The van der Waals surface area contributed by atoms with E-state index >= 15 is 0 Å². The summed E-state index contributed by atoms with van der Waals surface area (Å²) >= 11 is 5.46. The molecule has 1 nitrogen and oxygen atoms in total. The van der Waals surface area contributed by atoms with E-state index in [1.807, 2.05) is 0 Å². The zero-order valence-electron chi connectivity index (χ0n) is 8.41. The van der Waals surface area contributed by atoms with Gasteiger partial charge in [0.25, 0.3) is 0 Å². The molecule has 17 heavy (non-hydrogen) atoms. The van der Waals surface area contributed by atoms with E-state index in [9.17, 15) is 26.7 Å². The van der Waals surface area contributed by atoms with Crippen molar-refractivity contribution in [3.63, 3.8) is 0 Å². The van der Waals surface area contributed by atoms with Gasteiger partial charge in [-0.05, 0) is 24.6 Å². The van der Waals surface area contributed by atoms with Crippen molar-refractivity contribution in [2.75, 3.05) is 0 Å². The van der Waals surface area contributed by atoms with E-state index in [1.165, 1.54) is 6.07 Å². The Kier molecular flexibility index (Phi) is 3.47. The van der Waals surface area contributed by atoms with E-state index in [0.717, 1.165) is 12.1 Å². The predicted molar refractivity (Wildman–Crippen MR) is 51.5 cm³/mol. The lowest BCUT2D eigenvalue weighted by Gasteiger charge is -2.18. The summed E-state index contributed by atoms with van der Waals surface area (Å²) in [6, 6.07) is 3.21. The van der Waals surface area contributed by atoms with Gasteiger partial charge < -0.3 is 0 Å². The van der Waals surface area contributed by atoms with E-state index in [4.69, 9.17) is 11.6 Å². The van der Waals surface area contributed by atoms with Crippen LogP contribution in [0.3, 0.4) is 0 Å². The summed E-state index contributed by atoms with van der Waals surface area (Å²) in [5.41, 5.74) is -0.304. The van der Waals surface area contributed by atoms with E-state index in [1.54, 1.807) is 6.92 Å². The fourth-order valence-corrected chi connectivity index (χ4v) is 1.42. The van der Waals surface area contributed by atoms with Crippen molar-refractivity contribution >= 4 is 17.4 Å². The molecule has 0 aliphatic rings. The maximum absolute atomic E-state index is 12.8. The molecule has 0 aromatic heterocycles. The molecule has 94 valence electrons. The van der Waals surface area contributed by atoms with Gasteiger partial charge in [0.1, 0.15) is 0 Å². The molecular weight excluding hydrogens is 267 g/mol. The van der Waals surface area contributed by atoms with E-state index in [-0.39, 0.29) is 0 Å². The first kappa shape index (κ1) is 13.9. The molecule has 0 radical (unpaired) electrons. The molecule has 0 spiro atoms. The van der Waals surface area contributed by atoms with Crippen LogP contribution < -0.4 is 0 Å². The second-order valence-electron chi connectivity index (χ2n) is 3.38. The number of Topliss-reactive ketones (excluding diaryl/α,β-unsaturated/α-hetero) is 1. The molecule has 0 fully saturated rings. The monoisotopic (exact) mass is 272 g/mol. The lowest BCUT2D eigenvalue weighted by molar-refractivity contribution is -0.255. The molecule has 0 aliphatic heterocycles. The van der Waals surface area contributed by atoms with Gasteiger partial charge in [-0.3, -0.25) is 4.79 Å². The summed E-state index contributed by atoms with van der Waals surface area (Å²) in [7, 11) is 0. The Hall–Kier alpha value is -1.17. The fraction of sp³-hybridized carbons (Fsp3) is 0.300. The molecule has 0 aliphatic carbocycles. The molecule has 0 amide bonds. The number of alkyl halides is 5. The first-order chi connectivity index (χ1) is 7.57. The van der Waals surface area contributed by atoms with Crippen LogP contribution in [-0.2, 0) is 0 Å². The zero-order valence-corrected chi connectivity index (χ0v) is 9.16. The Balaban J connectivity index is 3.22. The number of carbonyl (C=O) groups is 1. The van der Waals surface area contributed by atoms with Gasteiger partial charge in [0.2, 0.25) is 5.78 Å². The topological polar surface area (TPSA) is 17.1 Å². The highest BCUT2D eigenvalue weighted by atomic mass is 35.5. The highest BCUT2D eigenvalue weighted by Gasteiger charge is 2.63. The predicted octanol–water partition coefficient (Wildman–Crippen LogP) is 4.03. The van der Waals surface area contributed by atoms with Crippen molar-refractivity contribution in [1.29, 1.82) is 0 Å². The van der Waals surface area contributed by atoms with Crippen molar-refractivity contribution in [1.82, 2.24) is 0 Å². The number of halogens is 6. The highest BCUT2D eigenvalue weighted by molar-refractivity contribution is 6.34. The average Bonchev–Trinajstić information content (AvgIpc) is 2.14. The molecule has 0 unspecified atom stereocenters. The lowest BCUT2D eigenvalue weighted by Crippen LogP contribution is -2.44. The van der Waals surface area contributed by atoms with E-state index < -0.39 is 28.5 Å². The third-order valence-corrected chi connectivity index (χ3v) is 2.32. The van der Waals surface area contributed by atoms with E-state index in [2.05, 4.69) is 0 Å². The van der Waals surface area contributed by atoms with E-state index in [0.29, 0.717) is 5.56 Å². The third kappa shape index (κ3) is 2.57. The Labute approximate surface area is 98.2 Å². The molecule has 7 heteroatoms. The van der Waals surface area contributed by atoms with Crippen molar-refractivity contribution < 1.29 is 26.7 Å². The van der Waals surface area contributed by atoms with Crippen molar-refractivity contribution in [3.8, 4) is 0 Å². The van der Waals surface area contributed by atoms with Crippen LogP contribution in [-0.4, -0.2) is 17.9 Å². The van der Waals surface area contributed by atoms with Crippen LogP contribution in [0.15, 0.2) is 18.2 Å². The minimum absolute atomic E-state index is 0.432. The van der Waals surface area contributed by atoms with Crippen molar-refractivity contribution in [2.45, 2.75) is 19.0 Å². The highest BCUT2D eigenvalue weighted by Crippen LogP contribution is 2.39. The number of carbonyl (C=O) groups excluding carboxylic acids is 1. The molecule has 0 bridgehead atoms. The van der Waals surface area contributed by atoms with Crippen LogP contribution >= 0.6 is 11.6 Å². The third-order valence-electron chi connectivity index (χ3n) is 2.01. The van der Waals surface area contributed by atoms with Crippen LogP contribution in [0.25, 0.3) is 0 Å². The maximum Gasteiger partial charge on any atom is 0.461 e. The number of rotatable bonds is 2. The zero-order chi connectivity index (χ0) is 13.4. The van der Waals surface area contributed by atoms with Crippen LogP contribution in [0.5, 0.6) is 0 Å². The minimum atomic E-state index is -5.93. The largest absolute Gasteiger partial charge is 0.461 e. The Morgan fingerprint density at radius 2 is 1.71 bits per heavy atom. The van der Waals surface area contributed by atoms with Crippen molar-refractivity contribution in [3.05, 3.63) is 34.3 Å². The van der Waals surface area contributed by atoms with Gasteiger partial charge in [-0.15, -0.1) is 0 Å². The molecular formula is C10H6ClF5O. The first-order valence-corrected chi connectivity index (χ1v) is 4.70. The van der Waals surface area contributed by atoms with Gasteiger partial charge in [0.15, 0.2) is 0 Å². The molecule has 1 aromatic rings. The second kappa shape index (κ2) is 4.25. The summed E-state index contributed by atoms with van der Waals surface area (Å²) < 4.78 is 61.4. The summed E-state index contributed by atoms with van der Waals surface area (Å²) in [5, 5.41) is -0.432. The van der Waals surface area contributed by atoms with Crippen LogP contribution in [0, 0.1) is 6.92 Å². The molecule has 0 saturated carbocycles. The Morgan fingerprint density at radius 3 is 2.12 bits per heavy atom. The summed E-state index contributed by atoms with van der Waals surface area (Å²) in [4.78, 5) is 11.1. The van der Waals surface area contributed by atoms with Crippen LogP contribution in [0.1, 0.15) is 15.9 Å². The summed E-state index contributed by atoms with van der Waals surface area (Å²) in [6.07, 6.45) is -5.93. The molecule has 0 N–H and O–H groups in total. The van der Waals surface area contributed by atoms with Gasteiger partial charge in [-0.2, -0.15) is 22.0 Å². The summed E-state index contributed by atoms with van der Waals surface area (Å²) in [6.45, 7) is 1.56. The van der Waals surface area contributed by atoms with Gasteiger partial charge in [0, 0.05) is 5.56 Å². The number of aryl methyl sites for hydroxylation is 1. The fourth-order valence-electron chi connectivity index (χ4n) is 1.10. The standard InChI is InChI=1S/C10H6ClF5O/c1-5-2-3-6(7(11)4-5)8(17)9(12,13)10(14,15)16/h2-4H,1H3. The number of benzene rings is 1. The SMILES string of the molecule is Cc1ccc(C(=O)C(F)(F)C(F)(F)F)c(Cl)c1. The number of hydrogen-bond donors (Lipinski definition) is 0. The average molecular weight is 273 g/mol. The smallest absolute Gasteiger partial charge is 0.287 e. The molecule has 1 rings (SSSR count). The van der Waals surface area contributed by atoms with Crippen molar-refractivity contribution in [2.24, 2.45) is 0 Å². The van der Waals surface area contributed by atoms with Crippen LogP contribution in [0.4, 0.5) is 22.0 Å². The van der Waals surface area contributed by atoms with Gasteiger partial charge in [-0.25, -0.2) is 0 Å². The number of hydrogen-bond acceptors (Lipinski definition) is 1. The van der Waals surface area contributed by atoms with Crippen LogP contribution in [0.2, 0.25) is 5.02 Å².